The smallest absolute Gasteiger partial charge is 0.416 e. The lowest BCUT2D eigenvalue weighted by Gasteiger charge is -2.23. The van der Waals surface area contributed by atoms with Gasteiger partial charge in [0.15, 0.2) is 0 Å². The van der Waals surface area contributed by atoms with E-state index in [-0.39, 0.29) is 12.1 Å². The van der Waals surface area contributed by atoms with Crippen LogP contribution >= 0.6 is 0 Å². The van der Waals surface area contributed by atoms with Crippen LogP contribution in [0.15, 0.2) is 24.3 Å². The highest BCUT2D eigenvalue weighted by Crippen LogP contribution is 2.33. The van der Waals surface area contributed by atoms with Gasteiger partial charge in [-0.15, -0.1) is 0 Å². The molecule has 0 bridgehead atoms. The number of hydrogen-bond acceptors (Lipinski definition) is 2. The molecular formula is C13H14F3NO2. The Morgan fingerprint density at radius 1 is 1.37 bits per heavy atom. The first-order chi connectivity index (χ1) is 8.89. The van der Waals surface area contributed by atoms with Crippen LogP contribution in [0.5, 0.6) is 0 Å². The van der Waals surface area contributed by atoms with E-state index < -0.39 is 23.8 Å². The number of nitrogens with zero attached hydrogens (tertiary/aromatic N) is 1. The Kier molecular flexibility index (Phi) is 3.80. The lowest BCUT2D eigenvalue weighted by Crippen LogP contribution is -2.35. The normalized spacial score (nSPS) is 20.7. The summed E-state index contributed by atoms with van der Waals surface area (Å²) in [5.74, 6) is -0.970. The molecule has 0 spiro atoms. The standard InChI is InChI=1S/C13H14F3NO2/c14-13(15,16)10-5-2-1-4-9(10)8-17-7-3-6-11(17)12(18)19/h1-2,4-5,11H,3,6-8H2,(H,18,19)/t11-/m1/s1. The molecule has 1 aromatic carbocycles. The van der Waals surface area contributed by atoms with E-state index in [1.165, 1.54) is 18.2 Å². The van der Waals surface area contributed by atoms with Crippen molar-refractivity contribution < 1.29 is 23.1 Å². The summed E-state index contributed by atoms with van der Waals surface area (Å²) in [5, 5.41) is 9.03. The average Bonchev–Trinajstić information content (AvgIpc) is 2.76. The van der Waals surface area contributed by atoms with E-state index >= 15 is 0 Å². The van der Waals surface area contributed by atoms with Crippen molar-refractivity contribution in [3.05, 3.63) is 35.4 Å². The molecule has 1 N–H and O–H groups in total. The summed E-state index contributed by atoms with van der Waals surface area (Å²) in [6.45, 7) is 0.538. The lowest BCUT2D eigenvalue weighted by molar-refractivity contribution is -0.142. The van der Waals surface area contributed by atoms with Crippen molar-refractivity contribution in [1.29, 1.82) is 0 Å². The fraction of sp³-hybridized carbons (Fsp3) is 0.462. The van der Waals surface area contributed by atoms with Crippen LogP contribution in [-0.2, 0) is 17.5 Å². The number of alkyl halides is 3. The minimum atomic E-state index is -4.41. The van der Waals surface area contributed by atoms with Crippen LogP contribution in [0.25, 0.3) is 0 Å². The van der Waals surface area contributed by atoms with Gasteiger partial charge >= 0.3 is 12.1 Å². The highest BCUT2D eigenvalue weighted by molar-refractivity contribution is 5.73. The Balaban J connectivity index is 2.22. The van der Waals surface area contributed by atoms with Gasteiger partial charge in [-0.3, -0.25) is 9.69 Å². The van der Waals surface area contributed by atoms with Crippen molar-refractivity contribution in [2.45, 2.75) is 31.6 Å². The fourth-order valence-corrected chi connectivity index (χ4v) is 2.45. The number of rotatable bonds is 3. The molecule has 0 radical (unpaired) electrons. The van der Waals surface area contributed by atoms with Gasteiger partial charge < -0.3 is 5.11 Å². The van der Waals surface area contributed by atoms with Crippen LogP contribution in [0, 0.1) is 0 Å². The van der Waals surface area contributed by atoms with Gasteiger partial charge in [0.2, 0.25) is 0 Å². The molecule has 104 valence electrons. The maximum Gasteiger partial charge on any atom is 0.416 e. The molecule has 1 aromatic rings. The molecule has 0 amide bonds. The number of carboxylic acid groups (broad SMARTS) is 1. The second-order valence-electron chi connectivity index (χ2n) is 4.62. The van der Waals surface area contributed by atoms with Gasteiger partial charge in [-0.05, 0) is 31.0 Å². The van der Waals surface area contributed by atoms with Gasteiger partial charge in [-0.25, -0.2) is 0 Å². The molecule has 0 aliphatic carbocycles. The maximum absolute atomic E-state index is 12.8. The van der Waals surface area contributed by atoms with Crippen molar-refractivity contribution in [2.24, 2.45) is 0 Å². The summed E-state index contributed by atoms with van der Waals surface area (Å²) in [4.78, 5) is 12.6. The van der Waals surface area contributed by atoms with Gasteiger partial charge in [0.25, 0.3) is 0 Å². The van der Waals surface area contributed by atoms with Crippen LogP contribution in [0.3, 0.4) is 0 Å². The first-order valence-electron chi connectivity index (χ1n) is 6.01. The molecule has 0 unspecified atom stereocenters. The monoisotopic (exact) mass is 273 g/mol. The minimum Gasteiger partial charge on any atom is -0.480 e. The molecule has 1 fully saturated rings. The predicted octanol–water partition coefficient (Wildman–Crippen LogP) is 2.75. The third kappa shape index (κ3) is 3.07. The molecule has 1 aliphatic heterocycles. The van der Waals surface area contributed by atoms with Gasteiger partial charge in [0, 0.05) is 6.54 Å². The Hall–Kier alpha value is -1.56. The van der Waals surface area contributed by atoms with E-state index in [1.807, 2.05) is 0 Å². The van der Waals surface area contributed by atoms with Gasteiger partial charge in [-0.1, -0.05) is 18.2 Å². The SMILES string of the molecule is O=C(O)[C@H]1CCCN1Cc1ccccc1C(F)(F)F. The van der Waals surface area contributed by atoms with E-state index in [4.69, 9.17) is 5.11 Å². The first-order valence-corrected chi connectivity index (χ1v) is 6.01. The minimum absolute atomic E-state index is 0.0205. The van der Waals surface area contributed by atoms with Crippen molar-refractivity contribution >= 4 is 5.97 Å². The summed E-state index contributed by atoms with van der Waals surface area (Å²) >= 11 is 0. The average molecular weight is 273 g/mol. The van der Waals surface area contributed by atoms with E-state index in [0.717, 1.165) is 6.07 Å². The Morgan fingerprint density at radius 3 is 2.68 bits per heavy atom. The van der Waals surface area contributed by atoms with E-state index in [9.17, 15) is 18.0 Å². The lowest BCUT2D eigenvalue weighted by atomic mass is 10.1. The van der Waals surface area contributed by atoms with Gasteiger partial charge in [0.1, 0.15) is 6.04 Å². The highest BCUT2D eigenvalue weighted by atomic mass is 19.4. The summed E-state index contributed by atoms with van der Waals surface area (Å²) in [6.07, 6.45) is -3.22. The molecule has 1 atom stereocenters. The molecule has 19 heavy (non-hydrogen) atoms. The number of likely N-dealkylation sites (tertiary alicyclic amines) is 1. The zero-order valence-corrected chi connectivity index (χ0v) is 10.2. The van der Waals surface area contributed by atoms with Crippen molar-refractivity contribution in [3.8, 4) is 0 Å². The second kappa shape index (κ2) is 5.21. The third-order valence-corrected chi connectivity index (χ3v) is 3.34. The summed E-state index contributed by atoms with van der Waals surface area (Å²) in [6, 6.07) is 4.63. The van der Waals surface area contributed by atoms with Gasteiger partial charge in [0.05, 0.1) is 5.56 Å². The maximum atomic E-state index is 12.8. The van der Waals surface area contributed by atoms with Crippen LogP contribution in [0.1, 0.15) is 24.0 Å². The zero-order chi connectivity index (χ0) is 14.0. The number of aliphatic carboxylic acids is 1. The highest BCUT2D eigenvalue weighted by Gasteiger charge is 2.35. The Morgan fingerprint density at radius 2 is 2.05 bits per heavy atom. The van der Waals surface area contributed by atoms with Crippen LogP contribution in [0.2, 0.25) is 0 Å². The zero-order valence-electron chi connectivity index (χ0n) is 10.2. The molecular weight excluding hydrogens is 259 g/mol. The molecule has 1 saturated heterocycles. The summed E-state index contributed by atoms with van der Waals surface area (Å²) < 4.78 is 38.5. The number of benzene rings is 1. The van der Waals surface area contributed by atoms with Crippen molar-refractivity contribution in [3.63, 3.8) is 0 Å². The van der Waals surface area contributed by atoms with Crippen LogP contribution in [0.4, 0.5) is 13.2 Å². The summed E-state index contributed by atoms with van der Waals surface area (Å²) in [5.41, 5.74) is -0.561. The molecule has 3 nitrogen and oxygen atoms in total. The fourth-order valence-electron chi connectivity index (χ4n) is 2.45. The molecule has 1 heterocycles. The number of carbonyl (C=O) groups is 1. The first kappa shape index (κ1) is 13.9. The van der Waals surface area contributed by atoms with Crippen molar-refractivity contribution in [2.75, 3.05) is 6.54 Å². The predicted molar refractivity (Wildman–Crippen MR) is 62.5 cm³/mol. The van der Waals surface area contributed by atoms with E-state index in [2.05, 4.69) is 0 Å². The quantitative estimate of drug-likeness (QED) is 0.920. The number of carboxylic acids is 1. The molecule has 0 aromatic heterocycles. The molecule has 2 rings (SSSR count). The van der Waals surface area contributed by atoms with Crippen LogP contribution in [-0.4, -0.2) is 28.6 Å². The van der Waals surface area contributed by atoms with Crippen LogP contribution < -0.4 is 0 Å². The Bertz CT molecular complexity index is 473. The van der Waals surface area contributed by atoms with Crippen molar-refractivity contribution in [1.82, 2.24) is 4.90 Å². The van der Waals surface area contributed by atoms with E-state index in [1.54, 1.807) is 4.90 Å². The van der Waals surface area contributed by atoms with E-state index in [0.29, 0.717) is 19.4 Å². The topological polar surface area (TPSA) is 40.5 Å². The number of hydrogen-bond donors (Lipinski definition) is 1. The number of halogens is 3. The second-order valence-corrected chi connectivity index (χ2v) is 4.62. The summed E-state index contributed by atoms with van der Waals surface area (Å²) in [7, 11) is 0. The molecule has 0 saturated carbocycles. The largest absolute Gasteiger partial charge is 0.480 e. The Labute approximate surface area is 108 Å². The third-order valence-electron chi connectivity index (χ3n) is 3.34. The van der Waals surface area contributed by atoms with Gasteiger partial charge in [-0.2, -0.15) is 13.2 Å². The molecule has 1 aliphatic rings. The molecule has 6 heteroatoms.